The van der Waals surface area contributed by atoms with Crippen LogP contribution in [0.25, 0.3) is 0 Å². The molecule has 0 atom stereocenters. The number of hydrogen-bond acceptors (Lipinski definition) is 4. The molecule has 7 heteroatoms. The lowest BCUT2D eigenvalue weighted by Crippen LogP contribution is -2.49. The van der Waals surface area contributed by atoms with Crippen LogP contribution < -0.4 is 19.7 Å². The Balaban J connectivity index is 1.64. The highest BCUT2D eigenvalue weighted by atomic mass is 16.5. The number of rotatable bonds is 8. The number of benzene rings is 1. The van der Waals surface area contributed by atoms with Gasteiger partial charge in [0.25, 0.3) is 0 Å². The molecule has 1 aromatic carbocycles. The summed E-state index contributed by atoms with van der Waals surface area (Å²) in [5, 5.41) is 3.06. The van der Waals surface area contributed by atoms with E-state index >= 15 is 0 Å². The van der Waals surface area contributed by atoms with E-state index in [2.05, 4.69) is 14.9 Å². The van der Waals surface area contributed by atoms with Gasteiger partial charge in [0.15, 0.2) is 11.5 Å². The molecule has 2 amide bonds. The highest BCUT2D eigenvalue weighted by molar-refractivity contribution is 5.93. The molecule has 7 nitrogen and oxygen atoms in total. The SMILES string of the molecule is COc1ccc(N(C(=O)NCCCn2cncc2C)C2CCC2)cc1OC. The van der Waals surface area contributed by atoms with Gasteiger partial charge in [0.2, 0.25) is 0 Å². The van der Waals surface area contributed by atoms with Crippen molar-refractivity contribution in [1.29, 1.82) is 0 Å². The Labute approximate surface area is 160 Å². The van der Waals surface area contributed by atoms with E-state index in [0.717, 1.165) is 43.6 Å². The Morgan fingerprint density at radius 1 is 1.30 bits per heavy atom. The molecule has 0 aliphatic heterocycles. The molecular formula is C20H28N4O3. The zero-order valence-electron chi connectivity index (χ0n) is 16.3. The molecule has 0 unspecified atom stereocenters. The molecule has 1 heterocycles. The highest BCUT2D eigenvalue weighted by Gasteiger charge is 2.30. The Morgan fingerprint density at radius 3 is 2.67 bits per heavy atom. The summed E-state index contributed by atoms with van der Waals surface area (Å²) >= 11 is 0. The van der Waals surface area contributed by atoms with Gasteiger partial charge in [0.1, 0.15) is 0 Å². The second-order valence-corrected chi connectivity index (χ2v) is 6.81. The van der Waals surface area contributed by atoms with Gasteiger partial charge in [-0.05, 0) is 44.7 Å². The lowest BCUT2D eigenvalue weighted by molar-refractivity contribution is 0.238. The maximum absolute atomic E-state index is 12.9. The zero-order valence-corrected chi connectivity index (χ0v) is 16.3. The molecule has 1 aliphatic carbocycles. The first-order valence-electron chi connectivity index (χ1n) is 9.40. The molecule has 2 aromatic rings. The molecule has 1 aliphatic rings. The van der Waals surface area contributed by atoms with Crippen molar-refractivity contribution >= 4 is 11.7 Å². The number of amides is 2. The third kappa shape index (κ3) is 4.35. The summed E-state index contributed by atoms with van der Waals surface area (Å²) in [5.74, 6) is 1.29. The number of urea groups is 1. The first-order valence-corrected chi connectivity index (χ1v) is 9.40. The number of aryl methyl sites for hydroxylation is 2. The van der Waals surface area contributed by atoms with Gasteiger partial charge < -0.3 is 19.4 Å². The summed E-state index contributed by atoms with van der Waals surface area (Å²) in [6, 6.07) is 5.79. The number of carbonyl (C=O) groups excluding carboxylic acids is 1. The fraction of sp³-hybridized carbons (Fsp3) is 0.500. The lowest BCUT2D eigenvalue weighted by Gasteiger charge is -2.37. The number of nitrogens with zero attached hydrogens (tertiary/aromatic N) is 3. The van der Waals surface area contributed by atoms with E-state index < -0.39 is 0 Å². The van der Waals surface area contributed by atoms with Gasteiger partial charge in [0, 0.05) is 42.8 Å². The lowest BCUT2D eigenvalue weighted by atomic mass is 9.91. The summed E-state index contributed by atoms with van der Waals surface area (Å²) in [6.07, 6.45) is 7.72. The summed E-state index contributed by atoms with van der Waals surface area (Å²) in [5.41, 5.74) is 1.96. The average Bonchev–Trinajstić information content (AvgIpc) is 3.05. The van der Waals surface area contributed by atoms with Crippen LogP contribution in [0.3, 0.4) is 0 Å². The average molecular weight is 372 g/mol. The Hall–Kier alpha value is -2.70. The zero-order chi connectivity index (χ0) is 19.2. The van der Waals surface area contributed by atoms with Gasteiger partial charge in [-0.3, -0.25) is 4.90 Å². The van der Waals surface area contributed by atoms with Crippen molar-refractivity contribution in [3.63, 3.8) is 0 Å². The molecule has 1 saturated carbocycles. The molecular weight excluding hydrogens is 344 g/mol. The van der Waals surface area contributed by atoms with Crippen molar-refractivity contribution in [3.05, 3.63) is 36.4 Å². The summed E-state index contributed by atoms with van der Waals surface area (Å²) < 4.78 is 12.8. The molecule has 0 saturated heterocycles. The van der Waals surface area contributed by atoms with Crippen LogP contribution in [0.15, 0.2) is 30.7 Å². The standard InChI is InChI=1S/C20H28N4O3/c1-15-13-21-14-23(15)11-5-10-22-20(25)24(16-6-4-7-16)17-8-9-18(26-2)19(12-17)27-3/h8-9,12-14,16H,4-7,10-11H2,1-3H3,(H,22,25). The number of aromatic nitrogens is 2. The minimum Gasteiger partial charge on any atom is -0.493 e. The molecule has 1 fully saturated rings. The van der Waals surface area contributed by atoms with Gasteiger partial charge in [-0.15, -0.1) is 0 Å². The van der Waals surface area contributed by atoms with Crippen molar-refractivity contribution in [2.75, 3.05) is 25.7 Å². The smallest absolute Gasteiger partial charge is 0.322 e. The van der Waals surface area contributed by atoms with Gasteiger partial charge in [-0.25, -0.2) is 9.78 Å². The number of anilines is 1. The van der Waals surface area contributed by atoms with Crippen LogP contribution >= 0.6 is 0 Å². The van der Waals surface area contributed by atoms with E-state index in [0.29, 0.717) is 18.0 Å². The Bertz CT molecular complexity index is 770. The van der Waals surface area contributed by atoms with Gasteiger partial charge >= 0.3 is 6.03 Å². The topological polar surface area (TPSA) is 68.6 Å². The minimum atomic E-state index is -0.0609. The van der Waals surface area contributed by atoms with Crippen molar-refractivity contribution < 1.29 is 14.3 Å². The van der Waals surface area contributed by atoms with Gasteiger partial charge in [0.05, 0.1) is 20.5 Å². The van der Waals surface area contributed by atoms with Crippen LogP contribution in [0.2, 0.25) is 0 Å². The van der Waals surface area contributed by atoms with E-state index in [1.165, 1.54) is 0 Å². The van der Waals surface area contributed by atoms with Gasteiger partial charge in [-0.1, -0.05) is 0 Å². The quantitative estimate of drug-likeness (QED) is 0.722. The maximum atomic E-state index is 12.9. The number of nitrogens with one attached hydrogen (secondary N) is 1. The van der Waals surface area contributed by atoms with Crippen molar-refractivity contribution in [2.24, 2.45) is 0 Å². The van der Waals surface area contributed by atoms with Crippen LogP contribution in [0.5, 0.6) is 11.5 Å². The largest absolute Gasteiger partial charge is 0.493 e. The number of ether oxygens (including phenoxy) is 2. The van der Waals surface area contributed by atoms with E-state index in [1.54, 1.807) is 14.2 Å². The molecule has 0 spiro atoms. The normalized spacial score (nSPS) is 13.7. The molecule has 146 valence electrons. The molecule has 0 bridgehead atoms. The fourth-order valence-corrected chi connectivity index (χ4v) is 3.26. The van der Waals surface area contributed by atoms with Crippen LogP contribution in [0, 0.1) is 6.92 Å². The van der Waals surface area contributed by atoms with Crippen LogP contribution in [0.1, 0.15) is 31.4 Å². The van der Waals surface area contributed by atoms with Crippen molar-refractivity contribution in [3.8, 4) is 11.5 Å². The highest BCUT2D eigenvalue weighted by Crippen LogP contribution is 2.35. The molecule has 27 heavy (non-hydrogen) atoms. The summed E-state index contributed by atoms with van der Waals surface area (Å²) in [4.78, 5) is 18.9. The third-order valence-corrected chi connectivity index (χ3v) is 5.08. The molecule has 0 radical (unpaired) electrons. The van der Waals surface area contributed by atoms with Crippen molar-refractivity contribution in [2.45, 2.75) is 45.2 Å². The Morgan fingerprint density at radius 2 is 2.07 bits per heavy atom. The van der Waals surface area contributed by atoms with Crippen molar-refractivity contribution in [1.82, 2.24) is 14.9 Å². The third-order valence-electron chi connectivity index (χ3n) is 5.08. The van der Waals surface area contributed by atoms with Crippen LogP contribution in [-0.4, -0.2) is 42.4 Å². The van der Waals surface area contributed by atoms with E-state index in [-0.39, 0.29) is 12.1 Å². The summed E-state index contributed by atoms with van der Waals surface area (Å²) in [7, 11) is 3.21. The van der Waals surface area contributed by atoms with Crippen LogP contribution in [0.4, 0.5) is 10.5 Å². The summed E-state index contributed by atoms with van der Waals surface area (Å²) in [6.45, 7) is 3.49. The second kappa shape index (κ2) is 8.79. The van der Waals surface area contributed by atoms with E-state index in [4.69, 9.17) is 9.47 Å². The first kappa shape index (κ1) is 19.1. The molecule has 1 aromatic heterocycles. The number of carbonyl (C=O) groups is 1. The number of hydrogen-bond donors (Lipinski definition) is 1. The number of methoxy groups -OCH3 is 2. The van der Waals surface area contributed by atoms with Gasteiger partial charge in [-0.2, -0.15) is 0 Å². The van der Waals surface area contributed by atoms with E-state index in [1.807, 2.05) is 42.5 Å². The predicted molar refractivity (Wildman–Crippen MR) is 105 cm³/mol. The van der Waals surface area contributed by atoms with E-state index in [9.17, 15) is 4.79 Å². The van der Waals surface area contributed by atoms with Crippen LogP contribution in [-0.2, 0) is 6.54 Å². The predicted octanol–water partition coefficient (Wildman–Crippen LogP) is 3.37. The first-order chi connectivity index (χ1) is 13.1. The fourth-order valence-electron chi connectivity index (χ4n) is 3.26. The molecule has 1 N–H and O–H groups in total. The Kier molecular flexibility index (Phi) is 6.21. The monoisotopic (exact) mass is 372 g/mol. The maximum Gasteiger partial charge on any atom is 0.322 e. The number of imidazole rings is 1. The molecule has 3 rings (SSSR count). The second-order valence-electron chi connectivity index (χ2n) is 6.81. The minimum absolute atomic E-state index is 0.0609.